The summed E-state index contributed by atoms with van der Waals surface area (Å²) in [7, 11) is 3.14. The lowest BCUT2D eigenvalue weighted by Gasteiger charge is -2.10. The van der Waals surface area contributed by atoms with E-state index >= 15 is 0 Å². The van der Waals surface area contributed by atoms with Crippen molar-refractivity contribution in [2.24, 2.45) is 0 Å². The topological polar surface area (TPSA) is 103 Å². The zero-order valence-electron chi connectivity index (χ0n) is 16.2. The molecule has 30 heavy (non-hydrogen) atoms. The maximum Gasteiger partial charge on any atom is 0.359 e. The van der Waals surface area contributed by atoms with E-state index in [1.54, 1.807) is 49.9 Å². The van der Waals surface area contributed by atoms with Crippen molar-refractivity contribution in [1.29, 1.82) is 0 Å². The molecule has 0 aliphatic rings. The van der Waals surface area contributed by atoms with Crippen LogP contribution in [-0.4, -0.2) is 35.4 Å². The van der Waals surface area contributed by atoms with Gasteiger partial charge in [-0.05, 0) is 18.2 Å². The number of fused-ring (bicyclic) bond motifs is 1. The van der Waals surface area contributed by atoms with Crippen LogP contribution < -0.4 is 15.0 Å². The summed E-state index contributed by atoms with van der Waals surface area (Å²) in [6, 6.07) is 12.3. The summed E-state index contributed by atoms with van der Waals surface area (Å²) in [4.78, 5) is 28.9. The minimum Gasteiger partial charge on any atom is -0.493 e. The molecule has 2 heterocycles. The van der Waals surface area contributed by atoms with E-state index in [4.69, 9.17) is 14.2 Å². The van der Waals surface area contributed by atoms with Gasteiger partial charge < -0.3 is 14.2 Å². The number of ether oxygens (including phenoxy) is 3. The Bertz CT molecular complexity index is 1280. The van der Waals surface area contributed by atoms with Crippen molar-refractivity contribution in [3.8, 4) is 22.1 Å². The van der Waals surface area contributed by atoms with Gasteiger partial charge in [0, 0.05) is 10.8 Å². The number of rotatable bonds is 6. The lowest BCUT2D eigenvalue weighted by atomic mass is 10.1. The predicted octanol–water partition coefficient (Wildman–Crippen LogP) is 3.42. The third-order valence-corrected chi connectivity index (χ3v) is 5.35. The Hall–Kier alpha value is -3.72. The number of para-hydroxylation sites is 1. The van der Waals surface area contributed by atoms with Gasteiger partial charge in [0.25, 0.3) is 5.56 Å². The van der Waals surface area contributed by atoms with E-state index in [0.717, 1.165) is 5.56 Å². The van der Waals surface area contributed by atoms with E-state index < -0.39 is 5.97 Å². The number of thiazole rings is 1. The van der Waals surface area contributed by atoms with Crippen molar-refractivity contribution in [3.05, 3.63) is 69.6 Å². The van der Waals surface area contributed by atoms with Gasteiger partial charge >= 0.3 is 5.97 Å². The molecule has 0 fully saturated rings. The van der Waals surface area contributed by atoms with Crippen LogP contribution in [0.3, 0.4) is 0 Å². The summed E-state index contributed by atoms with van der Waals surface area (Å²) in [5.74, 6) is 0.548. The standard InChI is InChI=1S/C21H17N3O5S/c1-27-16-9-5-8-15(18(16)28-2)20-22-12(11-30-20)10-29-21(26)17-13-6-3-4-7-14(13)19(25)24-23-17/h3-9,11H,10H2,1-2H3,(H,24,25). The minimum atomic E-state index is -0.643. The van der Waals surface area contributed by atoms with Crippen molar-refractivity contribution in [3.63, 3.8) is 0 Å². The number of H-pyrrole nitrogens is 1. The molecular weight excluding hydrogens is 406 g/mol. The first-order valence-electron chi connectivity index (χ1n) is 8.92. The Kier molecular flexibility index (Phi) is 5.44. The van der Waals surface area contributed by atoms with E-state index in [-0.39, 0.29) is 17.9 Å². The number of esters is 1. The van der Waals surface area contributed by atoms with Crippen molar-refractivity contribution < 1.29 is 19.0 Å². The zero-order chi connectivity index (χ0) is 21.1. The van der Waals surface area contributed by atoms with Crippen LogP contribution in [0.4, 0.5) is 0 Å². The fourth-order valence-corrected chi connectivity index (χ4v) is 3.86. The Labute approximate surface area is 175 Å². The molecular formula is C21H17N3O5S. The minimum absolute atomic E-state index is 0.0310. The van der Waals surface area contributed by atoms with Gasteiger partial charge in [0.2, 0.25) is 0 Å². The molecule has 0 radical (unpaired) electrons. The maximum absolute atomic E-state index is 12.5. The van der Waals surface area contributed by atoms with Crippen LogP contribution in [0.2, 0.25) is 0 Å². The van der Waals surface area contributed by atoms with Gasteiger partial charge in [-0.15, -0.1) is 11.3 Å². The molecule has 9 heteroatoms. The van der Waals surface area contributed by atoms with Gasteiger partial charge in [0.1, 0.15) is 11.6 Å². The van der Waals surface area contributed by atoms with Crippen LogP contribution in [0.5, 0.6) is 11.5 Å². The molecule has 0 saturated carbocycles. The van der Waals surface area contributed by atoms with Crippen LogP contribution in [0.15, 0.2) is 52.6 Å². The zero-order valence-corrected chi connectivity index (χ0v) is 17.0. The molecule has 0 saturated heterocycles. The number of aromatic amines is 1. The number of aromatic nitrogens is 3. The highest BCUT2D eigenvalue weighted by molar-refractivity contribution is 7.13. The van der Waals surface area contributed by atoms with Crippen LogP contribution in [-0.2, 0) is 11.3 Å². The highest BCUT2D eigenvalue weighted by atomic mass is 32.1. The van der Waals surface area contributed by atoms with Gasteiger partial charge in [-0.3, -0.25) is 4.79 Å². The SMILES string of the molecule is COc1cccc(-c2nc(COC(=O)c3n[nH]c(=O)c4ccccc34)cs2)c1OC. The van der Waals surface area contributed by atoms with Crippen LogP contribution in [0.1, 0.15) is 16.2 Å². The largest absolute Gasteiger partial charge is 0.493 e. The second-order valence-corrected chi connectivity index (χ2v) is 7.07. The van der Waals surface area contributed by atoms with Crippen LogP contribution >= 0.6 is 11.3 Å². The van der Waals surface area contributed by atoms with E-state index in [1.165, 1.54) is 11.3 Å². The first-order chi connectivity index (χ1) is 14.6. The fourth-order valence-electron chi connectivity index (χ4n) is 3.03. The fraction of sp³-hybridized carbons (Fsp3) is 0.143. The number of benzene rings is 2. The average Bonchev–Trinajstić information content (AvgIpc) is 3.26. The second kappa shape index (κ2) is 8.34. The number of nitrogens with one attached hydrogen (secondary N) is 1. The number of carbonyl (C=O) groups is 1. The summed E-state index contributed by atoms with van der Waals surface area (Å²) < 4.78 is 16.2. The first kappa shape index (κ1) is 19.6. The van der Waals surface area contributed by atoms with Crippen molar-refractivity contribution in [2.45, 2.75) is 6.61 Å². The third kappa shape index (κ3) is 3.62. The molecule has 2 aromatic carbocycles. The Balaban J connectivity index is 1.54. The average molecular weight is 423 g/mol. The van der Waals surface area contributed by atoms with E-state index in [9.17, 15) is 9.59 Å². The number of hydrogen-bond acceptors (Lipinski definition) is 8. The van der Waals surface area contributed by atoms with Crippen molar-refractivity contribution in [2.75, 3.05) is 14.2 Å². The van der Waals surface area contributed by atoms with E-state index in [2.05, 4.69) is 15.2 Å². The van der Waals surface area contributed by atoms with Crippen LogP contribution in [0.25, 0.3) is 21.3 Å². The van der Waals surface area contributed by atoms with Crippen LogP contribution in [0, 0.1) is 0 Å². The quantitative estimate of drug-likeness (QED) is 0.474. The molecule has 1 N–H and O–H groups in total. The Morgan fingerprint density at radius 3 is 2.63 bits per heavy atom. The van der Waals surface area contributed by atoms with Gasteiger partial charge in [0.05, 0.1) is 30.9 Å². The molecule has 0 atom stereocenters. The van der Waals surface area contributed by atoms with Gasteiger partial charge in [0.15, 0.2) is 17.2 Å². The summed E-state index contributed by atoms with van der Waals surface area (Å²) in [6.07, 6.45) is 0. The van der Waals surface area contributed by atoms with E-state index in [1.807, 2.05) is 12.1 Å². The lowest BCUT2D eigenvalue weighted by Crippen LogP contribution is -2.16. The molecule has 2 aromatic heterocycles. The molecule has 0 aliphatic carbocycles. The van der Waals surface area contributed by atoms with E-state index in [0.29, 0.717) is 33.0 Å². The maximum atomic E-state index is 12.5. The summed E-state index contributed by atoms with van der Waals surface area (Å²) in [5, 5.41) is 9.51. The number of nitrogens with zero attached hydrogens (tertiary/aromatic N) is 2. The molecule has 4 rings (SSSR count). The lowest BCUT2D eigenvalue weighted by molar-refractivity contribution is 0.0462. The molecule has 0 aliphatic heterocycles. The normalized spacial score (nSPS) is 10.7. The number of methoxy groups -OCH3 is 2. The summed E-state index contributed by atoms with van der Waals surface area (Å²) in [5.41, 5.74) is 1.06. The summed E-state index contributed by atoms with van der Waals surface area (Å²) in [6.45, 7) is -0.0310. The van der Waals surface area contributed by atoms with Crippen molar-refractivity contribution >= 4 is 28.1 Å². The molecule has 0 amide bonds. The molecule has 152 valence electrons. The Morgan fingerprint density at radius 2 is 1.87 bits per heavy atom. The van der Waals surface area contributed by atoms with Gasteiger partial charge in [-0.1, -0.05) is 24.3 Å². The van der Waals surface area contributed by atoms with Gasteiger partial charge in [-0.2, -0.15) is 5.10 Å². The number of carbonyl (C=O) groups excluding carboxylic acids is 1. The highest BCUT2D eigenvalue weighted by Crippen LogP contribution is 2.39. The molecule has 0 spiro atoms. The van der Waals surface area contributed by atoms with Crippen molar-refractivity contribution in [1.82, 2.24) is 15.2 Å². The molecule has 4 aromatic rings. The predicted molar refractivity (Wildman–Crippen MR) is 112 cm³/mol. The smallest absolute Gasteiger partial charge is 0.359 e. The van der Waals surface area contributed by atoms with Gasteiger partial charge in [-0.25, -0.2) is 14.9 Å². The monoisotopic (exact) mass is 423 g/mol. The Morgan fingerprint density at radius 1 is 1.07 bits per heavy atom. The first-order valence-corrected chi connectivity index (χ1v) is 9.80. The molecule has 8 nitrogen and oxygen atoms in total. The summed E-state index contributed by atoms with van der Waals surface area (Å²) >= 11 is 1.40. The second-order valence-electron chi connectivity index (χ2n) is 6.21. The third-order valence-electron chi connectivity index (χ3n) is 4.43. The molecule has 0 bridgehead atoms. The number of hydrogen-bond donors (Lipinski definition) is 1. The highest BCUT2D eigenvalue weighted by Gasteiger charge is 2.18. The molecule has 0 unspecified atom stereocenters.